The summed E-state index contributed by atoms with van der Waals surface area (Å²) in [6, 6.07) is 17.3. The minimum atomic E-state index is -1.22. The minimum absolute atomic E-state index is 0.194. The topological polar surface area (TPSA) is 149 Å². The Balaban J connectivity index is 0.000000254. The first-order chi connectivity index (χ1) is 25.8. The van der Waals surface area contributed by atoms with E-state index in [0.29, 0.717) is 36.4 Å². The third-order valence-electron chi connectivity index (χ3n) is 7.71. The minimum Gasteiger partial charge on any atom is -0.478 e. The van der Waals surface area contributed by atoms with Crippen molar-refractivity contribution in [2.75, 3.05) is 12.5 Å². The van der Waals surface area contributed by atoms with Gasteiger partial charge in [0.05, 0.1) is 21.7 Å². The number of carbonyl (C=O) groups is 4. The van der Waals surface area contributed by atoms with Crippen LogP contribution >= 0.6 is 58.6 Å². The molecule has 0 aliphatic heterocycles. The summed E-state index contributed by atoms with van der Waals surface area (Å²) < 4.78 is 13.2. The molecule has 1 fully saturated rings. The van der Waals surface area contributed by atoms with Crippen LogP contribution in [0, 0.1) is 33.5 Å². The number of carboxylic acid groups (broad SMARTS) is 4. The molecular formula is C41H46ClFO8S4. The van der Waals surface area contributed by atoms with E-state index in [-0.39, 0.29) is 11.1 Å². The summed E-state index contributed by atoms with van der Waals surface area (Å²) >= 11 is 11.7. The van der Waals surface area contributed by atoms with Crippen molar-refractivity contribution in [3.63, 3.8) is 0 Å². The number of halogens is 2. The summed E-state index contributed by atoms with van der Waals surface area (Å²) in [4.78, 5) is 46.3. The molecule has 5 rings (SSSR count). The number of hydrogen-bond donors (Lipinski definition) is 4. The second kappa shape index (κ2) is 22.8. The standard InChI is InChI=1S/C12H14O2S.C11H14O2S.C9H9ClO2S.C9H9FO2S/c1-8-5-6-10(12(13)14)11(7-8)15-9-3-2-4-9;1-7(2)14-10-6-8(3)4-5-9(10)11(12)13;2*1-5-3-6(10)8(9(11)12)7(4-5)13-2/h5-7,9H,2-4H2,1H3,(H,13,14);4-7H,1-3H3,(H,12,13);2*3-4H,1-2H3,(H,11,12). The van der Waals surface area contributed by atoms with E-state index in [1.54, 1.807) is 61.0 Å². The molecule has 4 aromatic carbocycles. The molecule has 1 aliphatic rings. The van der Waals surface area contributed by atoms with Gasteiger partial charge in [0.2, 0.25) is 0 Å². The molecule has 1 aliphatic carbocycles. The monoisotopic (exact) mass is 848 g/mol. The van der Waals surface area contributed by atoms with Crippen molar-refractivity contribution in [3.05, 3.63) is 116 Å². The Kier molecular flexibility index (Phi) is 19.7. The molecular weight excluding hydrogens is 803 g/mol. The SMILES string of the molecule is CSc1cc(C)cc(Cl)c1C(=O)O.CSc1cc(C)cc(F)c1C(=O)O.Cc1ccc(C(=O)O)c(SC(C)C)c1.Cc1ccc(C(=O)O)c(SC2CCC2)c1. The van der Waals surface area contributed by atoms with E-state index in [9.17, 15) is 23.6 Å². The number of aryl methyl sites for hydroxylation is 4. The molecule has 0 spiro atoms. The van der Waals surface area contributed by atoms with Crippen LogP contribution in [0.25, 0.3) is 0 Å². The van der Waals surface area contributed by atoms with Gasteiger partial charge in [-0.05, 0) is 124 Å². The summed E-state index contributed by atoms with van der Waals surface area (Å²) in [5.74, 6) is -4.54. The van der Waals surface area contributed by atoms with Crippen molar-refractivity contribution in [1.29, 1.82) is 0 Å². The van der Waals surface area contributed by atoms with E-state index < -0.39 is 29.7 Å². The lowest BCUT2D eigenvalue weighted by Gasteiger charge is -2.25. The fraction of sp³-hybridized carbons (Fsp3) is 0.317. The third kappa shape index (κ3) is 15.1. The van der Waals surface area contributed by atoms with Gasteiger partial charge in [0, 0.05) is 30.1 Å². The van der Waals surface area contributed by atoms with E-state index >= 15 is 0 Å². The normalized spacial score (nSPS) is 11.8. The molecule has 0 aromatic heterocycles. The smallest absolute Gasteiger partial charge is 0.339 e. The molecule has 296 valence electrons. The largest absolute Gasteiger partial charge is 0.478 e. The van der Waals surface area contributed by atoms with Crippen molar-refractivity contribution in [2.45, 2.75) is 90.9 Å². The lowest BCUT2D eigenvalue weighted by molar-refractivity contribution is 0.0678. The Morgan fingerprint density at radius 2 is 1.07 bits per heavy atom. The molecule has 0 heterocycles. The first-order valence-electron chi connectivity index (χ1n) is 16.9. The highest BCUT2D eigenvalue weighted by Gasteiger charge is 2.21. The lowest BCUT2D eigenvalue weighted by atomic mass is 10.00. The fourth-order valence-electron chi connectivity index (χ4n) is 4.89. The van der Waals surface area contributed by atoms with Gasteiger partial charge in [-0.25, -0.2) is 23.6 Å². The predicted octanol–water partition coefficient (Wildman–Crippen LogP) is 12.2. The van der Waals surface area contributed by atoms with Crippen LogP contribution in [0.4, 0.5) is 4.39 Å². The average molecular weight is 850 g/mol. The third-order valence-corrected chi connectivity index (χ3v) is 12.0. The molecule has 4 N–H and O–H groups in total. The lowest BCUT2D eigenvalue weighted by Crippen LogP contribution is -2.13. The molecule has 55 heavy (non-hydrogen) atoms. The predicted molar refractivity (Wildman–Crippen MR) is 226 cm³/mol. The molecule has 0 saturated heterocycles. The fourth-order valence-corrected chi connectivity index (χ4v) is 9.20. The maximum atomic E-state index is 13.2. The van der Waals surface area contributed by atoms with Crippen LogP contribution in [0.2, 0.25) is 5.02 Å². The van der Waals surface area contributed by atoms with Crippen LogP contribution in [0.3, 0.4) is 0 Å². The molecule has 8 nitrogen and oxygen atoms in total. The zero-order valence-electron chi connectivity index (χ0n) is 31.9. The number of benzene rings is 4. The van der Waals surface area contributed by atoms with Gasteiger partial charge in [-0.15, -0.1) is 47.0 Å². The number of hydrogen-bond acceptors (Lipinski definition) is 8. The zero-order chi connectivity index (χ0) is 41.6. The van der Waals surface area contributed by atoms with Crippen molar-refractivity contribution < 1.29 is 44.0 Å². The second-order valence-electron chi connectivity index (χ2n) is 12.7. The van der Waals surface area contributed by atoms with E-state index in [1.807, 2.05) is 57.4 Å². The van der Waals surface area contributed by atoms with Gasteiger partial charge in [0.15, 0.2) is 0 Å². The first kappa shape index (κ1) is 47.5. The number of carboxylic acids is 4. The van der Waals surface area contributed by atoms with Gasteiger partial charge in [-0.1, -0.05) is 44.0 Å². The Labute approximate surface area is 344 Å². The number of thioether (sulfide) groups is 4. The van der Waals surface area contributed by atoms with Crippen molar-refractivity contribution in [3.8, 4) is 0 Å². The average Bonchev–Trinajstić information content (AvgIpc) is 3.05. The number of rotatable bonds is 10. The summed E-state index contributed by atoms with van der Waals surface area (Å²) in [6.07, 6.45) is 7.28. The van der Waals surface area contributed by atoms with Crippen molar-refractivity contribution in [1.82, 2.24) is 0 Å². The van der Waals surface area contributed by atoms with Gasteiger partial charge in [0.1, 0.15) is 11.4 Å². The summed E-state index contributed by atoms with van der Waals surface area (Å²) in [5.41, 5.74) is 4.72. The highest BCUT2D eigenvalue weighted by atomic mass is 35.5. The van der Waals surface area contributed by atoms with E-state index in [1.165, 1.54) is 48.9 Å². The highest BCUT2D eigenvalue weighted by molar-refractivity contribution is 8.00. The molecule has 0 bridgehead atoms. The molecule has 0 radical (unpaired) electrons. The molecule has 0 atom stereocenters. The molecule has 4 aromatic rings. The highest BCUT2D eigenvalue weighted by Crippen LogP contribution is 2.38. The van der Waals surface area contributed by atoms with Gasteiger partial charge in [-0.2, -0.15) is 0 Å². The Morgan fingerprint density at radius 3 is 1.49 bits per heavy atom. The van der Waals surface area contributed by atoms with Crippen molar-refractivity contribution >= 4 is 82.5 Å². The molecule has 14 heteroatoms. The van der Waals surface area contributed by atoms with E-state index in [0.717, 1.165) is 32.0 Å². The van der Waals surface area contributed by atoms with Crippen LogP contribution < -0.4 is 0 Å². The molecule has 1 saturated carbocycles. The van der Waals surface area contributed by atoms with Crippen LogP contribution in [-0.2, 0) is 0 Å². The molecule has 0 unspecified atom stereocenters. The zero-order valence-corrected chi connectivity index (χ0v) is 35.9. The van der Waals surface area contributed by atoms with Gasteiger partial charge < -0.3 is 20.4 Å². The van der Waals surface area contributed by atoms with Crippen LogP contribution in [0.1, 0.15) is 96.8 Å². The summed E-state index contributed by atoms with van der Waals surface area (Å²) in [7, 11) is 0. The summed E-state index contributed by atoms with van der Waals surface area (Å²) in [5, 5.41) is 36.9. The second-order valence-corrected chi connectivity index (χ2v) is 17.8. The van der Waals surface area contributed by atoms with E-state index in [2.05, 4.69) is 13.8 Å². The van der Waals surface area contributed by atoms with Crippen LogP contribution in [0.15, 0.2) is 80.2 Å². The summed E-state index contributed by atoms with van der Waals surface area (Å²) in [6.45, 7) is 11.7. The van der Waals surface area contributed by atoms with Crippen LogP contribution in [-0.4, -0.2) is 67.3 Å². The van der Waals surface area contributed by atoms with Gasteiger partial charge in [-0.3, -0.25) is 0 Å². The van der Waals surface area contributed by atoms with E-state index in [4.69, 9.17) is 32.0 Å². The van der Waals surface area contributed by atoms with Crippen LogP contribution in [0.5, 0.6) is 0 Å². The van der Waals surface area contributed by atoms with Gasteiger partial charge >= 0.3 is 23.9 Å². The van der Waals surface area contributed by atoms with Gasteiger partial charge in [0.25, 0.3) is 0 Å². The molecule has 0 amide bonds. The maximum absolute atomic E-state index is 13.2. The van der Waals surface area contributed by atoms with Crippen molar-refractivity contribution in [2.24, 2.45) is 0 Å². The quantitative estimate of drug-likeness (QED) is 0.113. The Bertz CT molecular complexity index is 1930. The first-order valence-corrected chi connectivity index (χ1v) is 21.5. The Hall–Kier alpha value is -3.62. The number of aromatic carboxylic acids is 4. The maximum Gasteiger partial charge on any atom is 0.339 e. The Morgan fingerprint density at radius 1 is 0.636 bits per heavy atom.